The molecule has 2 aromatic rings. The number of aliphatic hydroxyl groups excluding tert-OH is 1. The fourth-order valence-corrected chi connectivity index (χ4v) is 5.57. The highest BCUT2D eigenvalue weighted by molar-refractivity contribution is 5.68. The van der Waals surface area contributed by atoms with E-state index in [1.165, 1.54) is 0 Å². The average Bonchev–Trinajstić information content (AvgIpc) is 3.65. The molecule has 0 radical (unpaired) electrons. The number of aromatic hydroxyl groups is 1. The lowest BCUT2D eigenvalue weighted by atomic mass is 10.0. The number of carbonyl (C=O) groups is 1. The number of rotatable bonds is 11. The Balaban J connectivity index is 1.27. The van der Waals surface area contributed by atoms with Crippen LogP contribution in [0.25, 0.3) is 0 Å². The largest absolute Gasteiger partial charge is 0.508 e. The molecule has 2 aliphatic heterocycles. The van der Waals surface area contributed by atoms with Crippen molar-refractivity contribution in [2.75, 3.05) is 19.8 Å². The van der Waals surface area contributed by atoms with Crippen molar-refractivity contribution in [2.45, 2.75) is 75.7 Å². The van der Waals surface area contributed by atoms with Crippen molar-refractivity contribution in [2.24, 2.45) is 5.92 Å². The van der Waals surface area contributed by atoms with Crippen LogP contribution in [-0.4, -0.2) is 71.8 Å². The van der Waals surface area contributed by atoms with Crippen LogP contribution in [0.4, 0.5) is 4.79 Å². The molecule has 5 atom stereocenters. The lowest BCUT2D eigenvalue weighted by Gasteiger charge is -2.31. The Bertz CT molecular complexity index is 1030. The molecule has 2 aromatic carbocycles. The number of hydroxylamine groups is 2. The Morgan fingerprint density at radius 2 is 1.84 bits per heavy atom. The number of amides is 1. The summed E-state index contributed by atoms with van der Waals surface area (Å²) in [5.74, 6) is 0.219. The summed E-state index contributed by atoms with van der Waals surface area (Å²) in [6, 6.07) is 16.2. The molecule has 1 saturated carbocycles. The van der Waals surface area contributed by atoms with Gasteiger partial charge in [0.15, 0.2) is 6.29 Å². The lowest BCUT2D eigenvalue weighted by Crippen LogP contribution is -2.50. The highest BCUT2D eigenvalue weighted by Gasteiger charge is 2.44. The zero-order chi connectivity index (χ0) is 26.3. The Morgan fingerprint density at radius 1 is 1.05 bits per heavy atom. The van der Waals surface area contributed by atoms with Gasteiger partial charge in [0.25, 0.3) is 0 Å². The molecule has 0 bridgehead atoms. The highest BCUT2D eigenvalue weighted by Crippen LogP contribution is 2.33. The van der Waals surface area contributed by atoms with Gasteiger partial charge in [0, 0.05) is 6.54 Å². The second-order valence-corrected chi connectivity index (χ2v) is 10.5. The number of nitrogens with one attached hydrogen (secondary N) is 1. The molecule has 5 unspecified atom stereocenters. The first-order valence-electron chi connectivity index (χ1n) is 13.7. The van der Waals surface area contributed by atoms with Gasteiger partial charge in [0.2, 0.25) is 0 Å². The molecule has 2 saturated heterocycles. The summed E-state index contributed by atoms with van der Waals surface area (Å²) in [4.78, 5) is 19.3. The molecule has 3 N–H and O–H groups in total. The van der Waals surface area contributed by atoms with E-state index in [2.05, 4.69) is 5.32 Å². The minimum absolute atomic E-state index is 0.0378. The molecule has 3 fully saturated rings. The predicted octanol–water partition coefficient (Wildman–Crippen LogP) is 3.53. The molecular weight excluding hydrogens is 488 g/mol. The van der Waals surface area contributed by atoms with Crippen molar-refractivity contribution in [3.05, 3.63) is 65.7 Å². The van der Waals surface area contributed by atoms with Crippen molar-refractivity contribution in [3.63, 3.8) is 0 Å². The Morgan fingerprint density at radius 3 is 2.63 bits per heavy atom. The van der Waals surface area contributed by atoms with Gasteiger partial charge in [-0.25, -0.2) is 4.79 Å². The first-order chi connectivity index (χ1) is 18.5. The molecule has 5 rings (SSSR count). The van der Waals surface area contributed by atoms with Crippen LogP contribution in [0.5, 0.6) is 5.75 Å². The average molecular weight is 527 g/mol. The highest BCUT2D eigenvalue weighted by atomic mass is 16.7. The van der Waals surface area contributed by atoms with E-state index in [-0.39, 0.29) is 36.7 Å². The third kappa shape index (κ3) is 7.24. The maximum atomic E-state index is 13.0. The van der Waals surface area contributed by atoms with Gasteiger partial charge >= 0.3 is 6.09 Å². The van der Waals surface area contributed by atoms with E-state index in [1.54, 1.807) is 23.3 Å². The first-order valence-corrected chi connectivity index (χ1v) is 13.7. The smallest absolute Gasteiger partial charge is 0.407 e. The Hall–Kier alpha value is -2.69. The van der Waals surface area contributed by atoms with Crippen LogP contribution in [-0.2, 0) is 32.0 Å². The van der Waals surface area contributed by atoms with E-state index in [0.29, 0.717) is 26.2 Å². The van der Waals surface area contributed by atoms with E-state index >= 15 is 0 Å². The minimum atomic E-state index is -0.941. The SMILES string of the molecule is O=C(NC(Cc1ccccc1)C(O)CN(Cc1cccc(O)c1)OC1CCCC1)OC1COC2OCCC12. The van der Waals surface area contributed by atoms with Crippen molar-refractivity contribution in [1.82, 2.24) is 10.4 Å². The lowest BCUT2D eigenvalue weighted by molar-refractivity contribution is -0.214. The summed E-state index contributed by atoms with van der Waals surface area (Å²) >= 11 is 0. The summed E-state index contributed by atoms with van der Waals surface area (Å²) in [6.07, 6.45) is 3.30. The van der Waals surface area contributed by atoms with Crippen molar-refractivity contribution in [3.8, 4) is 5.75 Å². The summed E-state index contributed by atoms with van der Waals surface area (Å²) in [7, 11) is 0. The van der Waals surface area contributed by atoms with Gasteiger partial charge in [0.05, 0.1) is 43.9 Å². The van der Waals surface area contributed by atoms with Crippen LogP contribution in [0.15, 0.2) is 54.6 Å². The van der Waals surface area contributed by atoms with Gasteiger partial charge < -0.3 is 29.7 Å². The number of phenols is 1. The number of aliphatic hydroxyl groups is 1. The molecule has 9 nitrogen and oxygen atoms in total. The monoisotopic (exact) mass is 526 g/mol. The van der Waals surface area contributed by atoms with Crippen LogP contribution < -0.4 is 5.32 Å². The van der Waals surface area contributed by atoms with Gasteiger partial charge in [-0.15, -0.1) is 0 Å². The Labute approximate surface area is 223 Å². The number of phenolic OH excluding ortho intramolecular Hbond substituents is 1. The van der Waals surface area contributed by atoms with Gasteiger partial charge in [-0.3, -0.25) is 4.84 Å². The number of hydrogen-bond donors (Lipinski definition) is 3. The number of carbonyl (C=O) groups excluding carboxylic acids is 1. The number of ether oxygens (including phenoxy) is 3. The molecule has 0 spiro atoms. The van der Waals surface area contributed by atoms with Crippen molar-refractivity contribution >= 4 is 6.09 Å². The van der Waals surface area contributed by atoms with Crippen LogP contribution in [0, 0.1) is 5.92 Å². The molecule has 1 aliphatic carbocycles. The van der Waals surface area contributed by atoms with Gasteiger partial charge in [-0.05, 0) is 48.9 Å². The normalized spacial score (nSPS) is 24.8. The Kier molecular flexibility index (Phi) is 9.14. The van der Waals surface area contributed by atoms with E-state index in [4.69, 9.17) is 19.0 Å². The molecule has 9 heteroatoms. The van der Waals surface area contributed by atoms with Crippen LogP contribution in [0.2, 0.25) is 0 Å². The van der Waals surface area contributed by atoms with Crippen LogP contribution in [0.1, 0.15) is 43.2 Å². The number of hydrogen-bond acceptors (Lipinski definition) is 8. The zero-order valence-corrected chi connectivity index (χ0v) is 21.6. The fourth-order valence-electron chi connectivity index (χ4n) is 5.57. The second kappa shape index (κ2) is 12.9. The van der Waals surface area contributed by atoms with Crippen molar-refractivity contribution < 1.29 is 34.1 Å². The van der Waals surface area contributed by atoms with E-state index in [1.807, 2.05) is 36.4 Å². The number of fused-ring (bicyclic) bond motifs is 1. The molecule has 38 heavy (non-hydrogen) atoms. The molecule has 3 aliphatic rings. The molecule has 2 heterocycles. The maximum absolute atomic E-state index is 13.0. The van der Waals surface area contributed by atoms with Gasteiger partial charge in [-0.1, -0.05) is 55.3 Å². The predicted molar refractivity (Wildman–Crippen MR) is 139 cm³/mol. The number of nitrogens with zero attached hydrogens (tertiary/aromatic N) is 1. The standard InChI is InChI=1S/C29H38N2O7/c32-22-10-6-9-21(15-22)17-31(38-23-11-4-5-12-23)18-26(33)25(16-20-7-2-1-3-8-20)30-29(34)37-27-19-36-28-24(27)13-14-35-28/h1-3,6-10,15,23-28,32-33H,4-5,11-14,16-19H2,(H,30,34). The second-order valence-electron chi connectivity index (χ2n) is 10.5. The van der Waals surface area contributed by atoms with Gasteiger partial charge in [-0.2, -0.15) is 5.06 Å². The van der Waals surface area contributed by atoms with E-state index in [9.17, 15) is 15.0 Å². The summed E-state index contributed by atoms with van der Waals surface area (Å²) < 4.78 is 16.9. The number of alkyl carbamates (subject to hydrolysis) is 1. The van der Waals surface area contributed by atoms with E-state index < -0.39 is 18.2 Å². The van der Waals surface area contributed by atoms with E-state index in [0.717, 1.165) is 43.2 Å². The third-order valence-corrected chi connectivity index (χ3v) is 7.57. The molecule has 206 valence electrons. The molecular formula is C29H38N2O7. The third-order valence-electron chi connectivity index (χ3n) is 7.57. The molecule has 1 amide bonds. The summed E-state index contributed by atoms with van der Waals surface area (Å²) in [5.41, 5.74) is 1.86. The quantitative estimate of drug-likeness (QED) is 0.382. The van der Waals surface area contributed by atoms with Crippen molar-refractivity contribution in [1.29, 1.82) is 0 Å². The number of benzene rings is 2. The zero-order valence-electron chi connectivity index (χ0n) is 21.6. The maximum Gasteiger partial charge on any atom is 0.407 e. The topological polar surface area (TPSA) is 110 Å². The van der Waals surface area contributed by atoms with Gasteiger partial charge in [0.1, 0.15) is 11.9 Å². The molecule has 0 aromatic heterocycles. The van der Waals surface area contributed by atoms with Crippen LogP contribution >= 0.6 is 0 Å². The van der Waals surface area contributed by atoms with Crippen LogP contribution in [0.3, 0.4) is 0 Å². The summed E-state index contributed by atoms with van der Waals surface area (Å²) in [5, 5.41) is 26.0. The fraction of sp³-hybridized carbons (Fsp3) is 0.552. The summed E-state index contributed by atoms with van der Waals surface area (Å²) in [6.45, 7) is 1.48. The first kappa shape index (κ1) is 26.9. The minimum Gasteiger partial charge on any atom is -0.508 e.